The zero-order chi connectivity index (χ0) is 16.8. The van der Waals surface area contributed by atoms with Crippen molar-refractivity contribution >= 4 is 29.1 Å². The molecule has 2 aromatic rings. The monoisotopic (exact) mass is 333 g/mol. The van der Waals surface area contributed by atoms with E-state index in [2.05, 4.69) is 51.6 Å². The lowest BCUT2D eigenvalue weighted by atomic mass is 10.1. The second-order valence-corrected chi connectivity index (χ2v) is 6.90. The van der Waals surface area contributed by atoms with Crippen LogP contribution in [0.1, 0.15) is 42.3 Å². The molecule has 124 valence electrons. The molecule has 0 bridgehead atoms. The fourth-order valence-electron chi connectivity index (χ4n) is 2.09. The number of amides is 1. The lowest BCUT2D eigenvalue weighted by Crippen LogP contribution is -2.20. The average molecular weight is 333 g/mol. The van der Waals surface area contributed by atoms with E-state index in [9.17, 15) is 4.79 Å². The average Bonchev–Trinajstić information content (AvgIpc) is 2.90. The number of aryl methyl sites for hydroxylation is 3. The summed E-state index contributed by atoms with van der Waals surface area (Å²) in [4.78, 5) is 26.9. The molecule has 0 fully saturated rings. The van der Waals surface area contributed by atoms with Gasteiger partial charge in [0.2, 0.25) is 17.8 Å². The Morgan fingerprint density at radius 2 is 1.96 bits per heavy atom. The van der Waals surface area contributed by atoms with Crippen LogP contribution in [0.4, 0.5) is 11.9 Å². The van der Waals surface area contributed by atoms with Gasteiger partial charge in [-0.1, -0.05) is 6.92 Å². The Morgan fingerprint density at radius 3 is 2.61 bits per heavy atom. The normalized spacial score (nSPS) is 12.0. The summed E-state index contributed by atoms with van der Waals surface area (Å²) >= 11 is 1.83. The molecule has 0 spiro atoms. The topological polar surface area (TPSA) is 79.8 Å². The van der Waals surface area contributed by atoms with Crippen LogP contribution in [0.2, 0.25) is 0 Å². The number of carbonyl (C=O) groups excluding carboxylic acids is 1. The summed E-state index contributed by atoms with van der Waals surface area (Å²) in [6.45, 7) is 7.80. The summed E-state index contributed by atoms with van der Waals surface area (Å²) in [5.41, 5.74) is 0. The maximum absolute atomic E-state index is 11.5. The number of nitrogens with zero attached hydrogens (tertiary/aromatic N) is 3. The maximum Gasteiger partial charge on any atom is 0.234 e. The van der Waals surface area contributed by atoms with Gasteiger partial charge < -0.3 is 5.32 Å². The van der Waals surface area contributed by atoms with Crippen LogP contribution in [0.15, 0.2) is 12.1 Å². The molecule has 7 heteroatoms. The first-order valence-electron chi connectivity index (χ1n) is 7.80. The van der Waals surface area contributed by atoms with Crippen LogP contribution in [0.25, 0.3) is 0 Å². The molecule has 0 saturated heterocycles. The lowest BCUT2D eigenvalue weighted by molar-refractivity contribution is -0.115. The molecule has 1 atom stereocenters. The fourth-order valence-corrected chi connectivity index (χ4v) is 2.99. The Morgan fingerprint density at radius 1 is 1.22 bits per heavy atom. The van der Waals surface area contributed by atoms with Crippen molar-refractivity contribution in [3.05, 3.63) is 27.7 Å². The van der Waals surface area contributed by atoms with E-state index < -0.39 is 0 Å². The third-order valence-electron chi connectivity index (χ3n) is 3.31. The quantitative estimate of drug-likeness (QED) is 0.812. The van der Waals surface area contributed by atoms with E-state index >= 15 is 0 Å². The molecule has 0 aromatic carbocycles. The van der Waals surface area contributed by atoms with Crippen molar-refractivity contribution in [2.24, 2.45) is 0 Å². The van der Waals surface area contributed by atoms with Gasteiger partial charge >= 0.3 is 0 Å². The van der Waals surface area contributed by atoms with E-state index in [4.69, 9.17) is 0 Å². The van der Waals surface area contributed by atoms with Crippen molar-refractivity contribution in [2.45, 2.75) is 53.0 Å². The highest BCUT2D eigenvalue weighted by Crippen LogP contribution is 2.18. The Kier molecular flexibility index (Phi) is 6.04. The molecular weight excluding hydrogens is 310 g/mol. The van der Waals surface area contributed by atoms with Crippen LogP contribution in [-0.2, 0) is 11.2 Å². The summed E-state index contributed by atoms with van der Waals surface area (Å²) in [6, 6.07) is 4.56. The van der Waals surface area contributed by atoms with Crippen LogP contribution in [-0.4, -0.2) is 26.9 Å². The molecule has 0 radical (unpaired) electrons. The number of thiophene rings is 1. The van der Waals surface area contributed by atoms with Crippen molar-refractivity contribution in [1.29, 1.82) is 0 Å². The highest BCUT2D eigenvalue weighted by Gasteiger charge is 2.10. The number of hydrogen-bond acceptors (Lipinski definition) is 6. The second-order valence-electron chi connectivity index (χ2n) is 5.53. The van der Waals surface area contributed by atoms with Crippen molar-refractivity contribution in [3.63, 3.8) is 0 Å². The van der Waals surface area contributed by atoms with Gasteiger partial charge in [-0.25, -0.2) is 0 Å². The minimum absolute atomic E-state index is 0.109. The number of nitrogens with one attached hydrogen (secondary N) is 2. The van der Waals surface area contributed by atoms with Crippen LogP contribution < -0.4 is 10.6 Å². The van der Waals surface area contributed by atoms with E-state index in [1.54, 1.807) is 13.8 Å². The first kappa shape index (κ1) is 17.3. The minimum atomic E-state index is -0.109. The first-order valence-corrected chi connectivity index (χ1v) is 8.62. The Hall–Kier alpha value is -2.02. The first-order chi connectivity index (χ1) is 11.0. The van der Waals surface area contributed by atoms with Crippen molar-refractivity contribution in [2.75, 3.05) is 10.6 Å². The van der Waals surface area contributed by atoms with Gasteiger partial charge in [0.1, 0.15) is 5.82 Å². The van der Waals surface area contributed by atoms with E-state index in [-0.39, 0.29) is 11.9 Å². The van der Waals surface area contributed by atoms with Crippen LogP contribution in [0.5, 0.6) is 0 Å². The zero-order valence-corrected chi connectivity index (χ0v) is 14.8. The highest BCUT2D eigenvalue weighted by atomic mass is 32.1. The van der Waals surface area contributed by atoms with E-state index in [1.807, 2.05) is 11.3 Å². The molecule has 1 unspecified atom stereocenters. The number of rotatable bonds is 7. The van der Waals surface area contributed by atoms with Crippen molar-refractivity contribution in [3.8, 4) is 0 Å². The molecule has 23 heavy (non-hydrogen) atoms. The van der Waals surface area contributed by atoms with Crippen LogP contribution in [0, 0.1) is 13.8 Å². The van der Waals surface area contributed by atoms with E-state index in [1.165, 1.54) is 9.75 Å². The summed E-state index contributed by atoms with van der Waals surface area (Å²) < 4.78 is 0. The summed E-state index contributed by atoms with van der Waals surface area (Å²) in [6.07, 6.45) is 2.40. The highest BCUT2D eigenvalue weighted by molar-refractivity contribution is 7.11. The standard InChI is InChI=1S/C16H23N5OS/c1-5-14(22)20-16-19-12(4)18-15(21-16)17-10(2)6-8-13-9-7-11(3)23-13/h7,9-10H,5-6,8H2,1-4H3,(H2,17,18,19,20,21,22). The summed E-state index contributed by atoms with van der Waals surface area (Å²) in [5, 5.41) is 5.95. The predicted molar refractivity (Wildman–Crippen MR) is 93.9 cm³/mol. The Balaban J connectivity index is 1.94. The van der Waals surface area contributed by atoms with Gasteiger partial charge in [-0.15, -0.1) is 11.3 Å². The SMILES string of the molecule is CCC(=O)Nc1nc(C)nc(NC(C)CCc2ccc(C)s2)n1. The summed E-state index contributed by atoms with van der Waals surface area (Å²) in [7, 11) is 0. The third-order valence-corrected chi connectivity index (χ3v) is 4.38. The van der Waals surface area contributed by atoms with E-state index in [0.29, 0.717) is 24.1 Å². The zero-order valence-electron chi connectivity index (χ0n) is 14.0. The summed E-state index contributed by atoms with van der Waals surface area (Å²) in [5.74, 6) is 1.27. The number of anilines is 2. The molecule has 0 aliphatic carbocycles. The van der Waals surface area contributed by atoms with Crippen molar-refractivity contribution < 1.29 is 4.79 Å². The fraction of sp³-hybridized carbons (Fsp3) is 0.500. The Bertz CT molecular complexity index is 670. The number of aromatic nitrogens is 3. The van der Waals surface area contributed by atoms with Gasteiger partial charge in [-0.2, -0.15) is 15.0 Å². The molecule has 0 saturated carbocycles. The number of hydrogen-bond donors (Lipinski definition) is 2. The molecule has 6 nitrogen and oxygen atoms in total. The molecular formula is C16H23N5OS. The minimum Gasteiger partial charge on any atom is -0.352 e. The second kappa shape index (κ2) is 8.01. The third kappa shape index (κ3) is 5.59. The van der Waals surface area contributed by atoms with Gasteiger partial charge in [0.05, 0.1) is 0 Å². The molecule has 2 aromatic heterocycles. The molecule has 2 N–H and O–H groups in total. The molecule has 0 aliphatic rings. The maximum atomic E-state index is 11.5. The molecule has 2 heterocycles. The molecule has 1 amide bonds. The molecule has 0 aliphatic heterocycles. The Labute approximate surface area is 140 Å². The van der Waals surface area contributed by atoms with Crippen LogP contribution in [0.3, 0.4) is 0 Å². The van der Waals surface area contributed by atoms with Gasteiger partial charge in [0, 0.05) is 22.2 Å². The lowest BCUT2D eigenvalue weighted by Gasteiger charge is -2.14. The largest absolute Gasteiger partial charge is 0.352 e. The van der Waals surface area contributed by atoms with Crippen molar-refractivity contribution in [1.82, 2.24) is 15.0 Å². The van der Waals surface area contributed by atoms with Gasteiger partial charge in [0.25, 0.3) is 0 Å². The van der Waals surface area contributed by atoms with Gasteiger partial charge in [-0.05, 0) is 45.7 Å². The van der Waals surface area contributed by atoms with E-state index in [0.717, 1.165) is 12.8 Å². The predicted octanol–water partition coefficient (Wildman–Crippen LogP) is 3.33. The van der Waals surface area contributed by atoms with Gasteiger partial charge in [-0.3, -0.25) is 10.1 Å². The number of carbonyl (C=O) groups is 1. The smallest absolute Gasteiger partial charge is 0.234 e. The molecule has 2 rings (SSSR count). The van der Waals surface area contributed by atoms with Gasteiger partial charge in [0.15, 0.2) is 0 Å². The van der Waals surface area contributed by atoms with Crippen LogP contribution >= 0.6 is 11.3 Å².